The third-order valence-electron chi connectivity index (χ3n) is 5.10. The van der Waals surface area contributed by atoms with Crippen LogP contribution in [0.25, 0.3) is 21.7 Å². The molecule has 34 heavy (non-hydrogen) atoms. The molecule has 0 aliphatic carbocycles. The maximum atomic E-state index is 12.8. The minimum atomic E-state index is -3.92. The normalized spacial score (nSPS) is 11.4. The van der Waals surface area contributed by atoms with E-state index in [1.165, 1.54) is 42.7 Å². The SMILES string of the molecule is O=C(Nc1ccc(S(=O)(=O)Nc2ncccn2)cc1)c1cc2c(ccc3ccccc32)oc1=O. The van der Waals surface area contributed by atoms with Crippen LogP contribution in [0.3, 0.4) is 0 Å². The van der Waals surface area contributed by atoms with Crippen molar-refractivity contribution in [1.82, 2.24) is 9.97 Å². The van der Waals surface area contributed by atoms with E-state index in [4.69, 9.17) is 4.42 Å². The third-order valence-corrected chi connectivity index (χ3v) is 6.44. The number of rotatable bonds is 5. The molecule has 0 atom stereocenters. The van der Waals surface area contributed by atoms with Gasteiger partial charge in [0.15, 0.2) is 0 Å². The van der Waals surface area contributed by atoms with Gasteiger partial charge in [0.25, 0.3) is 15.9 Å². The van der Waals surface area contributed by atoms with E-state index in [1.54, 1.807) is 12.1 Å². The van der Waals surface area contributed by atoms with Gasteiger partial charge in [-0.1, -0.05) is 30.3 Å². The number of nitrogens with zero attached hydrogens (tertiary/aromatic N) is 2. The summed E-state index contributed by atoms with van der Waals surface area (Å²) < 4.78 is 32.6. The molecule has 10 heteroatoms. The number of amides is 1. The van der Waals surface area contributed by atoms with Crippen molar-refractivity contribution < 1.29 is 17.6 Å². The largest absolute Gasteiger partial charge is 0.422 e. The van der Waals surface area contributed by atoms with Gasteiger partial charge in [-0.3, -0.25) is 4.79 Å². The minimum Gasteiger partial charge on any atom is -0.422 e. The van der Waals surface area contributed by atoms with Crippen LogP contribution >= 0.6 is 0 Å². The molecule has 0 aliphatic rings. The Morgan fingerprint density at radius 3 is 2.35 bits per heavy atom. The number of aromatic nitrogens is 2. The van der Waals surface area contributed by atoms with Gasteiger partial charge in [0.05, 0.1) is 4.90 Å². The Bertz CT molecular complexity index is 1700. The molecule has 5 rings (SSSR count). The molecule has 2 N–H and O–H groups in total. The zero-order valence-electron chi connectivity index (χ0n) is 17.4. The summed E-state index contributed by atoms with van der Waals surface area (Å²) in [6.07, 6.45) is 2.82. The molecule has 9 nitrogen and oxygen atoms in total. The molecule has 0 fully saturated rings. The van der Waals surface area contributed by atoms with E-state index in [1.807, 2.05) is 30.3 Å². The number of carbonyl (C=O) groups excluding carboxylic acids is 1. The van der Waals surface area contributed by atoms with Crippen LogP contribution in [0.1, 0.15) is 10.4 Å². The standard InChI is InChI=1S/C24H16N4O5S/c29-22(20-14-19-18-5-2-1-4-15(18)6-11-21(19)33-23(20)30)27-16-7-9-17(10-8-16)34(31,32)28-24-25-12-3-13-26-24/h1-14H,(H,27,29)(H,25,26,28). The van der Waals surface area contributed by atoms with E-state index in [2.05, 4.69) is 20.0 Å². The van der Waals surface area contributed by atoms with Crippen LogP contribution in [0.4, 0.5) is 11.6 Å². The van der Waals surface area contributed by atoms with Crippen LogP contribution in [-0.4, -0.2) is 24.3 Å². The lowest BCUT2D eigenvalue weighted by atomic mass is 10.0. The zero-order chi connectivity index (χ0) is 23.7. The molecule has 0 saturated carbocycles. The van der Waals surface area contributed by atoms with Crippen LogP contribution in [0.2, 0.25) is 0 Å². The highest BCUT2D eigenvalue weighted by Gasteiger charge is 2.18. The molecule has 3 aromatic carbocycles. The molecule has 0 unspecified atom stereocenters. The lowest BCUT2D eigenvalue weighted by Crippen LogP contribution is -2.20. The van der Waals surface area contributed by atoms with Crippen LogP contribution in [0, 0.1) is 0 Å². The average molecular weight is 472 g/mol. The molecule has 0 aliphatic heterocycles. The molecule has 0 radical (unpaired) electrons. The molecule has 168 valence electrons. The first-order chi connectivity index (χ1) is 16.4. The number of nitrogens with one attached hydrogen (secondary N) is 2. The maximum absolute atomic E-state index is 12.8. The summed E-state index contributed by atoms with van der Waals surface area (Å²) in [5.41, 5.74) is -0.253. The maximum Gasteiger partial charge on any atom is 0.349 e. The lowest BCUT2D eigenvalue weighted by Gasteiger charge is -2.09. The van der Waals surface area contributed by atoms with Crippen LogP contribution in [-0.2, 0) is 10.0 Å². The zero-order valence-corrected chi connectivity index (χ0v) is 18.2. The summed E-state index contributed by atoms with van der Waals surface area (Å²) >= 11 is 0. The highest BCUT2D eigenvalue weighted by molar-refractivity contribution is 7.92. The van der Waals surface area contributed by atoms with Crippen molar-refractivity contribution in [3.63, 3.8) is 0 Å². The van der Waals surface area contributed by atoms with Crippen molar-refractivity contribution in [2.75, 3.05) is 10.0 Å². The average Bonchev–Trinajstić information content (AvgIpc) is 2.84. The van der Waals surface area contributed by atoms with Crippen LogP contribution in [0.5, 0.6) is 0 Å². The van der Waals surface area contributed by atoms with E-state index in [0.717, 1.165) is 10.8 Å². The minimum absolute atomic E-state index is 0.0466. The summed E-state index contributed by atoms with van der Waals surface area (Å²) in [7, 11) is -3.92. The Morgan fingerprint density at radius 2 is 1.59 bits per heavy atom. The summed E-state index contributed by atoms with van der Waals surface area (Å²) in [5, 5.41) is 5.03. The van der Waals surface area contributed by atoms with Gasteiger partial charge in [-0.25, -0.2) is 27.9 Å². The fourth-order valence-corrected chi connectivity index (χ4v) is 4.43. The summed E-state index contributed by atoms with van der Waals surface area (Å²) in [5.74, 6) is -0.731. The number of sulfonamides is 1. The van der Waals surface area contributed by atoms with Crippen molar-refractivity contribution >= 4 is 49.3 Å². The number of anilines is 2. The predicted molar refractivity (Wildman–Crippen MR) is 127 cm³/mol. The van der Waals surface area contributed by atoms with Crippen LogP contribution in [0.15, 0.2) is 99.3 Å². The Labute approximate surface area is 193 Å². The van der Waals surface area contributed by atoms with Crippen molar-refractivity contribution in [2.24, 2.45) is 0 Å². The van der Waals surface area contributed by atoms with Crippen molar-refractivity contribution in [1.29, 1.82) is 0 Å². The van der Waals surface area contributed by atoms with Crippen molar-refractivity contribution in [3.05, 3.63) is 101 Å². The first-order valence-electron chi connectivity index (χ1n) is 10.1. The molecule has 0 spiro atoms. The van der Waals surface area contributed by atoms with Gasteiger partial charge in [-0.15, -0.1) is 0 Å². The van der Waals surface area contributed by atoms with E-state index >= 15 is 0 Å². The predicted octanol–water partition coefficient (Wildman–Crippen LogP) is 3.79. The van der Waals surface area contributed by atoms with E-state index in [9.17, 15) is 18.0 Å². The second kappa shape index (κ2) is 8.41. The number of benzene rings is 3. The topological polar surface area (TPSA) is 131 Å². The lowest BCUT2D eigenvalue weighted by molar-refractivity contribution is 0.102. The number of hydrogen-bond donors (Lipinski definition) is 2. The highest BCUT2D eigenvalue weighted by atomic mass is 32.2. The number of fused-ring (bicyclic) bond motifs is 3. The smallest absolute Gasteiger partial charge is 0.349 e. The van der Waals surface area contributed by atoms with Gasteiger partial charge < -0.3 is 9.73 Å². The molecular weight excluding hydrogens is 456 g/mol. The quantitative estimate of drug-likeness (QED) is 0.294. The molecule has 2 aromatic heterocycles. The second-order valence-electron chi connectivity index (χ2n) is 7.30. The van der Waals surface area contributed by atoms with Crippen molar-refractivity contribution in [3.8, 4) is 0 Å². The Kier molecular flexibility index (Phi) is 5.27. The Balaban J connectivity index is 1.41. The highest BCUT2D eigenvalue weighted by Crippen LogP contribution is 2.25. The van der Waals surface area contributed by atoms with Gasteiger partial charge in [-0.2, -0.15) is 0 Å². The molecule has 2 heterocycles. The fourth-order valence-electron chi connectivity index (χ4n) is 3.48. The fraction of sp³-hybridized carbons (Fsp3) is 0. The Morgan fingerprint density at radius 1 is 0.853 bits per heavy atom. The number of hydrogen-bond acceptors (Lipinski definition) is 7. The second-order valence-corrected chi connectivity index (χ2v) is 8.98. The van der Waals surface area contributed by atoms with Gasteiger partial charge in [0.1, 0.15) is 11.1 Å². The third kappa shape index (κ3) is 4.09. The molecule has 0 bridgehead atoms. The van der Waals surface area contributed by atoms with Crippen molar-refractivity contribution in [2.45, 2.75) is 4.90 Å². The number of carbonyl (C=O) groups is 1. The van der Waals surface area contributed by atoms with Gasteiger partial charge in [0, 0.05) is 23.5 Å². The van der Waals surface area contributed by atoms with E-state index < -0.39 is 21.6 Å². The Hall–Kier alpha value is -4.57. The molecule has 0 saturated heterocycles. The van der Waals surface area contributed by atoms with Gasteiger partial charge in [-0.05, 0) is 53.2 Å². The monoisotopic (exact) mass is 472 g/mol. The summed E-state index contributed by atoms with van der Waals surface area (Å²) in [4.78, 5) is 32.9. The van der Waals surface area contributed by atoms with Gasteiger partial charge >= 0.3 is 5.63 Å². The van der Waals surface area contributed by atoms with E-state index in [0.29, 0.717) is 16.7 Å². The first-order valence-corrected chi connectivity index (χ1v) is 11.6. The molecular formula is C24H16N4O5S. The summed E-state index contributed by atoms with van der Waals surface area (Å²) in [6, 6.07) is 19.6. The van der Waals surface area contributed by atoms with E-state index in [-0.39, 0.29) is 16.4 Å². The molecule has 5 aromatic rings. The summed E-state index contributed by atoms with van der Waals surface area (Å²) in [6.45, 7) is 0. The molecule has 1 amide bonds. The van der Waals surface area contributed by atoms with Crippen LogP contribution < -0.4 is 15.7 Å². The first kappa shape index (κ1) is 21.3. The van der Waals surface area contributed by atoms with Gasteiger partial charge in [0.2, 0.25) is 5.95 Å².